The molecule has 1 N–H and O–H groups in total. The first-order chi connectivity index (χ1) is 8.06. The predicted octanol–water partition coefficient (Wildman–Crippen LogP) is 3.19. The molecule has 0 aliphatic rings. The molecule has 1 aromatic rings. The summed E-state index contributed by atoms with van der Waals surface area (Å²) in [4.78, 5) is 0. The van der Waals surface area contributed by atoms with Gasteiger partial charge in [0.25, 0.3) is 0 Å². The highest BCUT2D eigenvalue weighted by Gasteiger charge is 2.27. The fourth-order valence-electron chi connectivity index (χ4n) is 1.96. The van der Waals surface area contributed by atoms with Crippen molar-refractivity contribution in [3.05, 3.63) is 35.9 Å². The van der Waals surface area contributed by atoms with Crippen LogP contribution in [0.5, 0.6) is 0 Å². The molecule has 1 rings (SSSR count). The van der Waals surface area contributed by atoms with Gasteiger partial charge < -0.3 is 9.84 Å². The van der Waals surface area contributed by atoms with Crippen LogP contribution in [-0.2, 0) is 11.2 Å². The van der Waals surface area contributed by atoms with Crippen LogP contribution in [0.2, 0.25) is 0 Å². The minimum Gasteiger partial charge on any atom is -0.390 e. The fourth-order valence-corrected chi connectivity index (χ4v) is 1.96. The van der Waals surface area contributed by atoms with E-state index in [1.165, 1.54) is 5.56 Å². The van der Waals surface area contributed by atoms with Crippen molar-refractivity contribution in [2.75, 3.05) is 6.61 Å². The van der Waals surface area contributed by atoms with Crippen LogP contribution in [0, 0.1) is 0 Å². The van der Waals surface area contributed by atoms with Crippen LogP contribution in [-0.4, -0.2) is 23.4 Å². The molecule has 0 bridgehead atoms. The van der Waals surface area contributed by atoms with Crippen LogP contribution < -0.4 is 0 Å². The van der Waals surface area contributed by atoms with E-state index in [0.717, 1.165) is 19.3 Å². The lowest BCUT2D eigenvalue weighted by molar-refractivity contribution is -0.0990. The molecule has 0 heterocycles. The molecular weight excluding hydrogens is 212 g/mol. The maximum Gasteiger partial charge on any atom is 0.0884 e. The van der Waals surface area contributed by atoms with E-state index < -0.39 is 11.7 Å². The fraction of sp³-hybridized carbons (Fsp3) is 0.600. The molecule has 96 valence electrons. The van der Waals surface area contributed by atoms with Gasteiger partial charge in [-0.2, -0.15) is 0 Å². The van der Waals surface area contributed by atoms with Gasteiger partial charge in [0.1, 0.15) is 0 Å². The molecule has 0 amide bonds. The quantitative estimate of drug-likeness (QED) is 0.788. The van der Waals surface area contributed by atoms with Gasteiger partial charge in [-0.05, 0) is 45.6 Å². The van der Waals surface area contributed by atoms with E-state index in [1.807, 2.05) is 26.8 Å². The summed E-state index contributed by atoms with van der Waals surface area (Å²) in [6.45, 7) is 6.49. The zero-order valence-electron chi connectivity index (χ0n) is 11.1. The van der Waals surface area contributed by atoms with Gasteiger partial charge in [0, 0.05) is 6.61 Å². The predicted molar refractivity (Wildman–Crippen MR) is 71.1 cm³/mol. The standard InChI is InChI=1S/C15H24O2/c1-4-17-15(2,3)14(16)12-8-11-13-9-6-5-7-10-13/h5-7,9-10,14,16H,4,8,11-12H2,1-3H3. The van der Waals surface area contributed by atoms with Gasteiger partial charge in [0.2, 0.25) is 0 Å². The molecule has 0 aliphatic carbocycles. The van der Waals surface area contributed by atoms with E-state index in [0.29, 0.717) is 6.61 Å². The number of aliphatic hydroxyl groups is 1. The largest absolute Gasteiger partial charge is 0.390 e. The second-order valence-corrected chi connectivity index (χ2v) is 4.93. The van der Waals surface area contributed by atoms with Crippen molar-refractivity contribution in [1.29, 1.82) is 0 Å². The van der Waals surface area contributed by atoms with Crippen molar-refractivity contribution in [2.45, 2.75) is 51.7 Å². The Morgan fingerprint density at radius 2 is 1.88 bits per heavy atom. The Labute approximate surface area is 105 Å². The van der Waals surface area contributed by atoms with Crippen molar-refractivity contribution < 1.29 is 9.84 Å². The monoisotopic (exact) mass is 236 g/mol. The molecule has 0 aromatic heterocycles. The van der Waals surface area contributed by atoms with E-state index in [2.05, 4.69) is 24.3 Å². The van der Waals surface area contributed by atoms with Gasteiger partial charge in [-0.15, -0.1) is 0 Å². The van der Waals surface area contributed by atoms with Crippen LogP contribution >= 0.6 is 0 Å². The summed E-state index contributed by atoms with van der Waals surface area (Å²) < 4.78 is 5.54. The summed E-state index contributed by atoms with van der Waals surface area (Å²) in [5.74, 6) is 0. The Bertz CT molecular complexity index is 306. The highest BCUT2D eigenvalue weighted by molar-refractivity contribution is 5.14. The van der Waals surface area contributed by atoms with E-state index in [4.69, 9.17) is 4.74 Å². The van der Waals surface area contributed by atoms with Gasteiger partial charge in [-0.1, -0.05) is 30.3 Å². The van der Waals surface area contributed by atoms with Crippen LogP contribution in [0.25, 0.3) is 0 Å². The molecule has 17 heavy (non-hydrogen) atoms. The minimum absolute atomic E-state index is 0.397. The third-order valence-corrected chi connectivity index (χ3v) is 3.10. The zero-order valence-corrected chi connectivity index (χ0v) is 11.1. The number of rotatable bonds is 7. The number of ether oxygens (including phenoxy) is 1. The van der Waals surface area contributed by atoms with Crippen LogP contribution in [0.15, 0.2) is 30.3 Å². The molecule has 0 saturated heterocycles. The van der Waals surface area contributed by atoms with E-state index in [1.54, 1.807) is 0 Å². The minimum atomic E-state index is -0.439. The van der Waals surface area contributed by atoms with Crippen molar-refractivity contribution in [2.24, 2.45) is 0 Å². The second kappa shape index (κ2) is 6.77. The lowest BCUT2D eigenvalue weighted by atomic mass is 9.95. The van der Waals surface area contributed by atoms with Gasteiger partial charge in [0.05, 0.1) is 11.7 Å². The first-order valence-corrected chi connectivity index (χ1v) is 6.42. The number of hydrogen-bond acceptors (Lipinski definition) is 2. The second-order valence-electron chi connectivity index (χ2n) is 4.93. The number of aliphatic hydroxyl groups excluding tert-OH is 1. The molecular formula is C15H24O2. The lowest BCUT2D eigenvalue weighted by Crippen LogP contribution is -2.39. The summed E-state index contributed by atoms with van der Waals surface area (Å²) in [6, 6.07) is 10.4. The van der Waals surface area contributed by atoms with Gasteiger partial charge in [0.15, 0.2) is 0 Å². The SMILES string of the molecule is CCOC(C)(C)C(O)CCCc1ccccc1. The van der Waals surface area contributed by atoms with Crippen LogP contribution in [0.3, 0.4) is 0 Å². The van der Waals surface area contributed by atoms with E-state index in [9.17, 15) is 5.11 Å². The lowest BCUT2D eigenvalue weighted by Gasteiger charge is -2.30. The summed E-state index contributed by atoms with van der Waals surface area (Å²) in [7, 11) is 0. The van der Waals surface area contributed by atoms with Gasteiger partial charge in [-0.3, -0.25) is 0 Å². The van der Waals surface area contributed by atoms with Gasteiger partial charge in [-0.25, -0.2) is 0 Å². The maximum atomic E-state index is 10.1. The van der Waals surface area contributed by atoms with Crippen LogP contribution in [0.4, 0.5) is 0 Å². The molecule has 0 radical (unpaired) electrons. The van der Waals surface area contributed by atoms with E-state index >= 15 is 0 Å². The van der Waals surface area contributed by atoms with Crippen LogP contribution in [0.1, 0.15) is 39.2 Å². The third-order valence-electron chi connectivity index (χ3n) is 3.10. The third kappa shape index (κ3) is 4.88. The molecule has 1 atom stereocenters. The van der Waals surface area contributed by atoms with Crippen molar-refractivity contribution in [3.8, 4) is 0 Å². The molecule has 2 nitrogen and oxygen atoms in total. The smallest absolute Gasteiger partial charge is 0.0884 e. The summed E-state index contributed by atoms with van der Waals surface area (Å²) in [5.41, 5.74) is 0.889. The van der Waals surface area contributed by atoms with Crippen molar-refractivity contribution in [1.82, 2.24) is 0 Å². The molecule has 0 fully saturated rings. The maximum absolute atomic E-state index is 10.1. The number of aryl methyl sites for hydroxylation is 1. The average Bonchev–Trinajstić information content (AvgIpc) is 2.30. The summed E-state index contributed by atoms with van der Waals surface area (Å²) in [5, 5.41) is 10.1. The topological polar surface area (TPSA) is 29.5 Å². The molecule has 1 unspecified atom stereocenters. The molecule has 0 aliphatic heterocycles. The Hall–Kier alpha value is -0.860. The normalized spacial score (nSPS) is 13.6. The number of hydrogen-bond donors (Lipinski definition) is 1. The summed E-state index contributed by atoms with van der Waals surface area (Å²) >= 11 is 0. The molecule has 0 saturated carbocycles. The average molecular weight is 236 g/mol. The van der Waals surface area contributed by atoms with E-state index in [-0.39, 0.29) is 0 Å². The first-order valence-electron chi connectivity index (χ1n) is 6.42. The van der Waals surface area contributed by atoms with Crippen molar-refractivity contribution >= 4 is 0 Å². The first kappa shape index (κ1) is 14.2. The Morgan fingerprint density at radius 3 is 2.47 bits per heavy atom. The Kier molecular flexibility index (Phi) is 5.66. The Morgan fingerprint density at radius 1 is 1.24 bits per heavy atom. The van der Waals surface area contributed by atoms with Crippen molar-refractivity contribution in [3.63, 3.8) is 0 Å². The highest BCUT2D eigenvalue weighted by atomic mass is 16.5. The summed E-state index contributed by atoms with van der Waals surface area (Å²) in [6.07, 6.45) is 2.38. The molecule has 0 spiro atoms. The highest BCUT2D eigenvalue weighted by Crippen LogP contribution is 2.19. The van der Waals surface area contributed by atoms with Gasteiger partial charge >= 0.3 is 0 Å². The Balaban J connectivity index is 2.31. The zero-order chi connectivity index (χ0) is 12.7. The molecule has 2 heteroatoms. The molecule has 1 aromatic carbocycles. The number of benzene rings is 1.